The molecule has 6 rings (SSSR count). The average molecular weight is 643 g/mol. The van der Waals surface area contributed by atoms with E-state index in [1.165, 1.54) is 5.57 Å². The summed E-state index contributed by atoms with van der Waals surface area (Å²) >= 11 is 1.59. The molecule has 2 heterocycles. The summed E-state index contributed by atoms with van der Waals surface area (Å²) in [4.78, 5) is 18.1. The van der Waals surface area contributed by atoms with Crippen molar-refractivity contribution in [1.82, 2.24) is 4.98 Å². The summed E-state index contributed by atoms with van der Waals surface area (Å²) in [5, 5.41) is 13.9. The highest BCUT2D eigenvalue weighted by atomic mass is 32.1. The molecule has 4 aliphatic carbocycles. The van der Waals surface area contributed by atoms with Crippen molar-refractivity contribution < 1.29 is 24.1 Å². The predicted molar refractivity (Wildman–Crippen MR) is 178 cm³/mol. The molecular formula is C37H58N2O5S. The van der Waals surface area contributed by atoms with E-state index in [1.807, 2.05) is 14.0 Å². The summed E-state index contributed by atoms with van der Waals surface area (Å²) in [5.74, 6) is 0.550. The largest absolute Gasteiger partial charge is 0.481 e. The number of thiazole rings is 1. The molecule has 0 aromatic carbocycles. The Morgan fingerprint density at radius 1 is 1.13 bits per heavy atom. The molecule has 0 amide bonds. The Kier molecular flexibility index (Phi) is 8.50. The van der Waals surface area contributed by atoms with Crippen LogP contribution in [0.15, 0.2) is 17.0 Å². The molecule has 45 heavy (non-hydrogen) atoms. The normalized spacial score (nSPS) is 45.6. The van der Waals surface area contributed by atoms with Gasteiger partial charge in [-0.1, -0.05) is 60.1 Å². The van der Waals surface area contributed by atoms with Gasteiger partial charge in [0.05, 0.1) is 49.7 Å². The SMILES string of the molecule is CO[C@@H]1C[C@@]23COC[C@](C)(C2CC[C@H]2C3=CC[C@@]3(C)[C@H](C(=O)O)[C@@](C)([C@H](C)C(C)C)CC[C@]23C)[C@H]1OCc1csc([C@H](C)N)n1. The van der Waals surface area contributed by atoms with Gasteiger partial charge in [0.2, 0.25) is 0 Å². The maximum absolute atomic E-state index is 13.3. The Morgan fingerprint density at radius 2 is 1.87 bits per heavy atom. The molecule has 0 radical (unpaired) electrons. The van der Waals surface area contributed by atoms with Crippen molar-refractivity contribution in [2.75, 3.05) is 20.3 Å². The summed E-state index contributed by atoms with van der Waals surface area (Å²) in [5.41, 5.74) is 7.57. The Balaban J connectivity index is 1.35. The first-order chi connectivity index (χ1) is 21.1. The molecule has 0 spiro atoms. The van der Waals surface area contributed by atoms with Gasteiger partial charge in [0.15, 0.2) is 0 Å². The van der Waals surface area contributed by atoms with Gasteiger partial charge in [-0.3, -0.25) is 4.79 Å². The average Bonchev–Trinajstić information content (AvgIpc) is 3.45. The second kappa shape index (κ2) is 11.4. The lowest BCUT2D eigenvalue weighted by molar-refractivity contribution is -0.269. The van der Waals surface area contributed by atoms with Gasteiger partial charge in [-0.25, -0.2) is 4.98 Å². The minimum Gasteiger partial charge on any atom is -0.481 e. The molecule has 1 unspecified atom stereocenters. The molecule has 2 bridgehead atoms. The Labute approximate surface area is 275 Å². The van der Waals surface area contributed by atoms with Crippen molar-refractivity contribution in [2.45, 2.75) is 119 Å². The van der Waals surface area contributed by atoms with E-state index in [-0.39, 0.29) is 51.2 Å². The number of allylic oxidation sites excluding steroid dienone is 1. The van der Waals surface area contributed by atoms with E-state index >= 15 is 0 Å². The third-order valence-corrected chi connectivity index (χ3v) is 15.8. The van der Waals surface area contributed by atoms with Crippen molar-refractivity contribution in [3.8, 4) is 0 Å². The number of methoxy groups -OCH3 is 1. The highest BCUT2D eigenvalue weighted by Crippen LogP contribution is 2.75. The number of hydrogen-bond donors (Lipinski definition) is 2. The first-order valence-corrected chi connectivity index (χ1v) is 18.3. The molecule has 3 saturated carbocycles. The van der Waals surface area contributed by atoms with Crippen LogP contribution in [0.1, 0.15) is 111 Å². The van der Waals surface area contributed by atoms with Crippen LogP contribution in [0, 0.1) is 56.7 Å². The van der Waals surface area contributed by atoms with Gasteiger partial charge in [-0.05, 0) is 85.4 Å². The molecule has 8 heteroatoms. The zero-order valence-electron chi connectivity index (χ0n) is 29.2. The van der Waals surface area contributed by atoms with E-state index in [0.29, 0.717) is 43.5 Å². The van der Waals surface area contributed by atoms with E-state index in [4.69, 9.17) is 24.9 Å². The first kappa shape index (κ1) is 33.6. The lowest BCUT2D eigenvalue weighted by atomic mass is 9.34. The number of rotatable bonds is 8. The summed E-state index contributed by atoms with van der Waals surface area (Å²) < 4.78 is 19.7. The van der Waals surface area contributed by atoms with E-state index in [1.54, 1.807) is 11.3 Å². The van der Waals surface area contributed by atoms with Gasteiger partial charge in [0.1, 0.15) is 5.01 Å². The van der Waals surface area contributed by atoms with Crippen LogP contribution in [-0.2, 0) is 25.6 Å². The topological polar surface area (TPSA) is 104 Å². The number of nitrogens with zero attached hydrogens (tertiary/aromatic N) is 1. The number of hydrogen-bond acceptors (Lipinski definition) is 7. The molecule has 1 saturated heterocycles. The monoisotopic (exact) mass is 642 g/mol. The number of carbonyl (C=O) groups is 1. The summed E-state index contributed by atoms with van der Waals surface area (Å²) in [6.45, 7) is 20.0. The lowest BCUT2D eigenvalue weighted by Crippen LogP contribution is -2.70. The third kappa shape index (κ3) is 4.69. The quantitative estimate of drug-likeness (QED) is 0.281. The number of carboxylic acid groups (broad SMARTS) is 1. The number of ether oxygens (including phenoxy) is 3. The molecule has 1 aromatic heterocycles. The van der Waals surface area contributed by atoms with Crippen molar-refractivity contribution in [2.24, 2.45) is 62.4 Å². The zero-order valence-corrected chi connectivity index (χ0v) is 30.0. The van der Waals surface area contributed by atoms with Gasteiger partial charge in [-0.2, -0.15) is 0 Å². The lowest BCUT2D eigenvalue weighted by Gasteiger charge is -2.71. The zero-order chi connectivity index (χ0) is 32.7. The summed E-state index contributed by atoms with van der Waals surface area (Å²) in [6.07, 6.45) is 8.25. The fourth-order valence-electron chi connectivity index (χ4n) is 11.9. The highest BCUT2D eigenvalue weighted by molar-refractivity contribution is 7.09. The van der Waals surface area contributed by atoms with Crippen molar-refractivity contribution in [3.63, 3.8) is 0 Å². The Bertz CT molecular complexity index is 1330. The Morgan fingerprint density at radius 3 is 2.49 bits per heavy atom. The molecule has 7 nitrogen and oxygen atoms in total. The predicted octanol–water partition coefficient (Wildman–Crippen LogP) is 7.65. The smallest absolute Gasteiger partial charge is 0.307 e. The molecule has 3 N–H and O–H groups in total. The third-order valence-electron chi connectivity index (χ3n) is 14.7. The summed E-state index contributed by atoms with van der Waals surface area (Å²) in [7, 11) is 1.83. The van der Waals surface area contributed by atoms with E-state index in [2.05, 4.69) is 59.9 Å². The maximum atomic E-state index is 13.3. The van der Waals surface area contributed by atoms with Crippen molar-refractivity contribution >= 4 is 17.3 Å². The Hall–Kier alpha value is -1.32. The van der Waals surface area contributed by atoms with Gasteiger partial charge in [0, 0.05) is 23.3 Å². The summed E-state index contributed by atoms with van der Waals surface area (Å²) in [6, 6.07) is -0.0833. The number of carboxylic acids is 1. The molecule has 252 valence electrons. The van der Waals surface area contributed by atoms with Crippen LogP contribution in [0.3, 0.4) is 0 Å². The van der Waals surface area contributed by atoms with Crippen LogP contribution in [0.2, 0.25) is 0 Å². The molecule has 5 aliphatic rings. The van der Waals surface area contributed by atoms with Crippen LogP contribution in [0.25, 0.3) is 0 Å². The van der Waals surface area contributed by atoms with Crippen molar-refractivity contribution in [1.29, 1.82) is 0 Å². The van der Waals surface area contributed by atoms with Crippen molar-refractivity contribution in [3.05, 3.63) is 27.7 Å². The van der Waals surface area contributed by atoms with Gasteiger partial charge in [0.25, 0.3) is 0 Å². The number of nitrogens with two attached hydrogens (primary N) is 1. The number of aliphatic carboxylic acids is 1. The van der Waals surface area contributed by atoms with Gasteiger partial charge >= 0.3 is 5.97 Å². The van der Waals surface area contributed by atoms with Crippen LogP contribution in [0.5, 0.6) is 0 Å². The van der Waals surface area contributed by atoms with Crippen LogP contribution in [0.4, 0.5) is 0 Å². The highest BCUT2D eigenvalue weighted by Gasteiger charge is 2.71. The minimum atomic E-state index is -0.610. The van der Waals surface area contributed by atoms with Gasteiger partial charge in [-0.15, -0.1) is 11.3 Å². The standard InChI is InChI=1S/C37H58N2O5S/c1-21(2)22(3)33(5)14-15-35(7)25-10-11-28-34(6)19-43-20-37(28,26(25)12-13-36(35,8)29(33)32(40)41)16-27(42-9)30(34)44-17-24-18-45-31(39-24)23(4)38/h12,18,21-23,25,27-30H,10-11,13-17,19-20,38H2,1-9H3,(H,40,41)/t22-,23+,25+,27-,28?,29-,30+,33-,34-,35-,36+,37+/m1/s1. The fraction of sp³-hybridized carbons (Fsp3) is 0.838. The number of fused-ring (bicyclic) bond motifs is 3. The van der Waals surface area contributed by atoms with Crippen LogP contribution in [-0.4, -0.2) is 48.6 Å². The second-order valence-electron chi connectivity index (χ2n) is 17.0. The van der Waals surface area contributed by atoms with E-state index in [9.17, 15) is 9.90 Å². The van der Waals surface area contributed by atoms with E-state index < -0.39 is 5.97 Å². The molecule has 1 aliphatic heterocycles. The molecule has 4 fully saturated rings. The van der Waals surface area contributed by atoms with E-state index in [0.717, 1.165) is 49.2 Å². The molecule has 1 aromatic rings. The molecular weight excluding hydrogens is 584 g/mol. The van der Waals surface area contributed by atoms with Crippen LogP contribution >= 0.6 is 11.3 Å². The van der Waals surface area contributed by atoms with Gasteiger partial charge < -0.3 is 25.1 Å². The minimum absolute atomic E-state index is 0.0595. The first-order valence-electron chi connectivity index (χ1n) is 17.4. The molecule has 12 atom stereocenters. The second-order valence-corrected chi connectivity index (χ2v) is 17.9. The van der Waals surface area contributed by atoms with Crippen LogP contribution < -0.4 is 5.73 Å². The number of aromatic nitrogens is 1. The fourth-order valence-corrected chi connectivity index (χ4v) is 12.6. The maximum Gasteiger partial charge on any atom is 0.307 e.